The lowest BCUT2D eigenvalue weighted by Crippen LogP contribution is -2.35. The monoisotopic (exact) mass is 463 g/mol. The fourth-order valence-electron chi connectivity index (χ4n) is 3.71. The molecule has 0 bridgehead atoms. The number of hydrogen-bond acceptors (Lipinski definition) is 4. The number of thiocarbonyl (C=S) groups is 1. The zero-order chi connectivity index (χ0) is 23.1. The summed E-state index contributed by atoms with van der Waals surface area (Å²) in [7, 11) is 0. The number of halogens is 3. The Morgan fingerprint density at radius 2 is 1.66 bits per heavy atom. The fraction of sp³-hybridized carbons (Fsp3) is 0.348. The minimum Gasteiger partial charge on any atom is -0.370 e. The topological polar surface area (TPSA) is 61.4 Å². The lowest BCUT2D eigenvalue weighted by atomic mass is 10.1. The van der Waals surface area contributed by atoms with Gasteiger partial charge in [-0.05, 0) is 49.3 Å². The number of nitrogens with one attached hydrogen (secondary N) is 2. The van der Waals surface area contributed by atoms with Gasteiger partial charge in [-0.3, -0.25) is 14.9 Å². The summed E-state index contributed by atoms with van der Waals surface area (Å²) in [4.78, 5) is 25.8. The Kier molecular flexibility index (Phi) is 7.84. The highest BCUT2D eigenvalue weighted by Gasteiger charge is 2.31. The van der Waals surface area contributed by atoms with Crippen molar-refractivity contribution in [1.29, 1.82) is 0 Å². The Labute approximate surface area is 190 Å². The van der Waals surface area contributed by atoms with Crippen molar-refractivity contribution in [2.75, 3.05) is 23.3 Å². The zero-order valence-electron chi connectivity index (χ0n) is 17.4. The SMILES string of the molecule is O=Cc1ccccc1C(=O)NC(=S)Nc1cc(C(F)(F)F)ccc1N1CCCCCCC1. The maximum Gasteiger partial charge on any atom is 0.416 e. The molecule has 9 heteroatoms. The van der Waals surface area contributed by atoms with Crippen LogP contribution in [0.1, 0.15) is 58.4 Å². The highest BCUT2D eigenvalue weighted by Crippen LogP contribution is 2.36. The van der Waals surface area contributed by atoms with Crippen LogP contribution in [0.2, 0.25) is 0 Å². The van der Waals surface area contributed by atoms with Crippen LogP contribution in [0.4, 0.5) is 24.5 Å². The number of aldehydes is 1. The summed E-state index contributed by atoms with van der Waals surface area (Å²) in [5, 5.41) is 5.07. The van der Waals surface area contributed by atoms with E-state index < -0.39 is 17.6 Å². The van der Waals surface area contributed by atoms with Crippen molar-refractivity contribution in [3.63, 3.8) is 0 Å². The highest BCUT2D eigenvalue weighted by molar-refractivity contribution is 7.80. The van der Waals surface area contributed by atoms with Crippen LogP contribution in [-0.2, 0) is 6.18 Å². The van der Waals surface area contributed by atoms with E-state index in [-0.39, 0.29) is 21.9 Å². The van der Waals surface area contributed by atoms with Crippen molar-refractivity contribution < 1.29 is 22.8 Å². The summed E-state index contributed by atoms with van der Waals surface area (Å²) in [6.45, 7) is 1.46. The molecule has 1 aliphatic heterocycles. The third-order valence-corrected chi connectivity index (χ3v) is 5.53. The van der Waals surface area contributed by atoms with Crippen LogP contribution in [0.15, 0.2) is 42.5 Å². The second-order valence-corrected chi connectivity index (χ2v) is 8.01. The molecule has 5 nitrogen and oxygen atoms in total. The van der Waals surface area contributed by atoms with E-state index in [1.165, 1.54) is 18.2 Å². The summed E-state index contributed by atoms with van der Waals surface area (Å²) in [6, 6.07) is 9.69. The number of benzene rings is 2. The molecule has 0 radical (unpaired) electrons. The maximum absolute atomic E-state index is 13.3. The molecule has 0 unspecified atom stereocenters. The lowest BCUT2D eigenvalue weighted by molar-refractivity contribution is -0.137. The van der Waals surface area contributed by atoms with Crippen molar-refractivity contribution in [2.24, 2.45) is 0 Å². The molecule has 0 saturated carbocycles. The molecule has 0 atom stereocenters. The molecule has 1 fully saturated rings. The quantitative estimate of drug-likeness (QED) is 0.469. The third kappa shape index (κ3) is 6.06. The maximum atomic E-state index is 13.3. The van der Waals surface area contributed by atoms with Crippen LogP contribution in [-0.4, -0.2) is 30.4 Å². The van der Waals surface area contributed by atoms with E-state index in [2.05, 4.69) is 10.6 Å². The van der Waals surface area contributed by atoms with Crippen molar-refractivity contribution >= 4 is 40.9 Å². The van der Waals surface area contributed by atoms with Gasteiger partial charge >= 0.3 is 6.18 Å². The third-order valence-electron chi connectivity index (χ3n) is 5.33. The molecule has 2 N–H and O–H groups in total. The standard InChI is InChI=1S/C23H24F3N3O2S/c24-23(25,26)17-10-11-20(29-12-6-2-1-3-7-13-29)19(14-17)27-22(32)28-21(31)18-9-5-4-8-16(18)15-30/h4-5,8-11,14-15H,1-3,6-7,12-13H2,(H2,27,28,31,32). The minimum absolute atomic E-state index is 0.125. The van der Waals surface area contributed by atoms with Crippen LogP contribution < -0.4 is 15.5 Å². The first-order chi connectivity index (χ1) is 15.3. The molecule has 2 aromatic carbocycles. The molecule has 0 aromatic heterocycles. The Hall–Kier alpha value is -2.94. The van der Waals surface area contributed by atoms with Crippen LogP contribution in [0.3, 0.4) is 0 Å². The van der Waals surface area contributed by atoms with Gasteiger partial charge < -0.3 is 10.2 Å². The lowest BCUT2D eigenvalue weighted by Gasteiger charge is -2.29. The van der Waals surface area contributed by atoms with Crippen molar-refractivity contribution in [1.82, 2.24) is 5.32 Å². The zero-order valence-corrected chi connectivity index (χ0v) is 18.2. The van der Waals surface area contributed by atoms with Crippen molar-refractivity contribution in [2.45, 2.75) is 38.3 Å². The van der Waals surface area contributed by atoms with Crippen molar-refractivity contribution in [3.05, 3.63) is 59.2 Å². The number of rotatable bonds is 4. The predicted octanol–water partition coefficient (Wildman–Crippen LogP) is 5.42. The first-order valence-electron chi connectivity index (χ1n) is 10.4. The van der Waals surface area contributed by atoms with Crippen LogP contribution >= 0.6 is 12.2 Å². The molecule has 32 heavy (non-hydrogen) atoms. The molecule has 1 saturated heterocycles. The van der Waals surface area contributed by atoms with Gasteiger partial charge in [0.15, 0.2) is 11.4 Å². The van der Waals surface area contributed by atoms with Gasteiger partial charge in [0.05, 0.1) is 22.5 Å². The Balaban J connectivity index is 1.84. The summed E-state index contributed by atoms with van der Waals surface area (Å²) in [5.74, 6) is -0.620. The molecule has 170 valence electrons. The van der Waals surface area contributed by atoms with Gasteiger partial charge in [0.25, 0.3) is 5.91 Å². The van der Waals surface area contributed by atoms with E-state index in [1.807, 2.05) is 4.90 Å². The van der Waals surface area contributed by atoms with Crippen molar-refractivity contribution in [3.8, 4) is 0 Å². The number of amides is 1. The van der Waals surface area contributed by atoms with E-state index in [9.17, 15) is 22.8 Å². The van der Waals surface area contributed by atoms with Crippen LogP contribution in [0, 0.1) is 0 Å². The second kappa shape index (κ2) is 10.6. The molecule has 1 amide bonds. The van der Waals surface area contributed by atoms with Gasteiger partial charge in [-0.1, -0.05) is 37.5 Å². The number of carbonyl (C=O) groups is 2. The molecule has 1 heterocycles. The normalized spacial score (nSPS) is 14.8. The average Bonchev–Trinajstić information content (AvgIpc) is 2.73. The van der Waals surface area contributed by atoms with Gasteiger partial charge in [0.1, 0.15) is 0 Å². The molecule has 0 aliphatic carbocycles. The fourth-order valence-corrected chi connectivity index (χ4v) is 3.91. The van der Waals surface area contributed by atoms with E-state index >= 15 is 0 Å². The van der Waals surface area contributed by atoms with E-state index in [1.54, 1.807) is 12.1 Å². The van der Waals surface area contributed by atoms with E-state index in [0.29, 0.717) is 12.0 Å². The van der Waals surface area contributed by atoms with E-state index in [4.69, 9.17) is 12.2 Å². The van der Waals surface area contributed by atoms with E-state index in [0.717, 1.165) is 57.3 Å². The summed E-state index contributed by atoms with van der Waals surface area (Å²) >= 11 is 5.21. The number of carbonyl (C=O) groups excluding carboxylic acids is 2. The smallest absolute Gasteiger partial charge is 0.370 e. The Morgan fingerprint density at radius 3 is 2.31 bits per heavy atom. The molecule has 2 aromatic rings. The van der Waals surface area contributed by atoms with Gasteiger partial charge in [0.2, 0.25) is 0 Å². The number of hydrogen-bond donors (Lipinski definition) is 2. The molecule has 3 rings (SSSR count). The molecular formula is C23H24F3N3O2S. The summed E-state index contributed by atoms with van der Waals surface area (Å²) < 4.78 is 40.0. The minimum atomic E-state index is -4.51. The van der Waals surface area contributed by atoms with Crippen LogP contribution in [0.5, 0.6) is 0 Å². The number of anilines is 2. The Morgan fingerprint density at radius 1 is 1.00 bits per heavy atom. The largest absolute Gasteiger partial charge is 0.416 e. The first kappa shape index (κ1) is 23.7. The van der Waals surface area contributed by atoms with Gasteiger partial charge in [-0.2, -0.15) is 13.2 Å². The van der Waals surface area contributed by atoms with Crippen LogP contribution in [0.25, 0.3) is 0 Å². The molecular weight excluding hydrogens is 439 g/mol. The number of nitrogens with zero attached hydrogens (tertiary/aromatic N) is 1. The van der Waals surface area contributed by atoms with Gasteiger partial charge in [-0.25, -0.2) is 0 Å². The molecule has 0 spiro atoms. The Bertz CT molecular complexity index is 987. The second-order valence-electron chi connectivity index (χ2n) is 7.60. The average molecular weight is 464 g/mol. The first-order valence-corrected chi connectivity index (χ1v) is 10.8. The molecule has 1 aliphatic rings. The summed E-state index contributed by atoms with van der Waals surface area (Å²) in [5.41, 5.74) is 0.281. The van der Waals surface area contributed by atoms with Gasteiger partial charge in [0, 0.05) is 18.7 Å². The van der Waals surface area contributed by atoms with Gasteiger partial charge in [-0.15, -0.1) is 0 Å². The number of alkyl halides is 3. The highest BCUT2D eigenvalue weighted by atomic mass is 32.1. The predicted molar refractivity (Wildman–Crippen MR) is 122 cm³/mol. The summed E-state index contributed by atoms with van der Waals surface area (Å²) in [6.07, 6.45) is 1.24.